The highest BCUT2D eigenvalue weighted by Crippen LogP contribution is 2.43. The van der Waals surface area contributed by atoms with Crippen LogP contribution in [0.15, 0.2) is 33.5 Å². The Balaban J connectivity index is 2.40. The van der Waals surface area contributed by atoms with Crippen LogP contribution in [0.1, 0.15) is 0 Å². The van der Waals surface area contributed by atoms with E-state index in [0.29, 0.717) is 17.1 Å². The maximum Gasteiger partial charge on any atom is 0.239 e. The summed E-state index contributed by atoms with van der Waals surface area (Å²) in [6, 6.07) is 6.01. The molecule has 0 bridgehead atoms. The molecule has 0 aliphatic rings. The molecule has 8 nitrogen and oxygen atoms in total. The Bertz CT molecular complexity index is 1070. The predicted octanol–water partition coefficient (Wildman–Crippen LogP) is 2.91. The minimum absolute atomic E-state index is 0.0356. The Morgan fingerprint density at radius 1 is 0.852 bits per heavy atom. The fourth-order valence-electron chi connectivity index (χ4n) is 2.80. The molecule has 1 aromatic heterocycles. The predicted molar refractivity (Wildman–Crippen MR) is 97.5 cm³/mol. The summed E-state index contributed by atoms with van der Waals surface area (Å²) in [6.07, 6.45) is 0. The first kappa shape index (κ1) is 18.2. The van der Waals surface area contributed by atoms with Gasteiger partial charge >= 0.3 is 0 Å². The van der Waals surface area contributed by atoms with Crippen LogP contribution in [-0.2, 0) is 0 Å². The normalized spacial score (nSPS) is 10.7. The number of phenols is 2. The van der Waals surface area contributed by atoms with E-state index in [-0.39, 0.29) is 28.2 Å². The lowest BCUT2D eigenvalue weighted by Crippen LogP contribution is -2.08. The molecule has 0 unspecified atom stereocenters. The fraction of sp³-hybridized carbons (Fsp3) is 0.211. The first-order valence-electron chi connectivity index (χ1n) is 7.82. The molecule has 2 N–H and O–H groups in total. The number of phenolic OH excluding ortho intramolecular Hbond substituents is 2. The number of methoxy groups -OCH3 is 4. The minimum Gasteiger partial charge on any atom is -0.507 e. The molecule has 0 spiro atoms. The van der Waals surface area contributed by atoms with Gasteiger partial charge in [-0.05, 0) is 18.2 Å². The Hall–Kier alpha value is -3.55. The number of fused-ring (bicyclic) bond motifs is 1. The molecule has 142 valence electrons. The van der Waals surface area contributed by atoms with Crippen molar-refractivity contribution < 1.29 is 33.6 Å². The van der Waals surface area contributed by atoms with E-state index in [0.717, 1.165) is 6.07 Å². The van der Waals surface area contributed by atoms with E-state index >= 15 is 0 Å². The van der Waals surface area contributed by atoms with Gasteiger partial charge in [0, 0.05) is 11.6 Å². The Morgan fingerprint density at radius 3 is 2.11 bits per heavy atom. The van der Waals surface area contributed by atoms with Gasteiger partial charge in [0.15, 0.2) is 28.6 Å². The quantitative estimate of drug-likeness (QED) is 0.657. The molecule has 0 amide bonds. The second kappa shape index (κ2) is 6.99. The van der Waals surface area contributed by atoms with Crippen molar-refractivity contribution in [2.24, 2.45) is 0 Å². The lowest BCUT2D eigenvalue weighted by molar-refractivity contribution is 0.354. The summed E-state index contributed by atoms with van der Waals surface area (Å²) in [6.45, 7) is 0. The van der Waals surface area contributed by atoms with Crippen molar-refractivity contribution in [3.63, 3.8) is 0 Å². The molecule has 0 atom stereocenters. The summed E-state index contributed by atoms with van der Waals surface area (Å²) in [5.41, 5.74) is -0.411. The maximum atomic E-state index is 12.9. The summed E-state index contributed by atoms with van der Waals surface area (Å²) in [5.74, 6) is -0.0135. The third kappa shape index (κ3) is 2.84. The van der Waals surface area contributed by atoms with Gasteiger partial charge in [-0.15, -0.1) is 0 Å². The number of aromatic hydroxyl groups is 2. The van der Waals surface area contributed by atoms with E-state index in [1.807, 2.05) is 0 Å². The highest BCUT2D eigenvalue weighted by molar-refractivity contribution is 5.93. The average molecular weight is 374 g/mol. The smallest absolute Gasteiger partial charge is 0.239 e. The van der Waals surface area contributed by atoms with E-state index < -0.39 is 16.9 Å². The van der Waals surface area contributed by atoms with E-state index in [1.54, 1.807) is 18.2 Å². The van der Waals surface area contributed by atoms with Gasteiger partial charge in [0.2, 0.25) is 16.9 Å². The lowest BCUT2D eigenvalue weighted by atomic mass is 10.1. The van der Waals surface area contributed by atoms with Crippen LogP contribution >= 0.6 is 0 Å². The van der Waals surface area contributed by atoms with Crippen LogP contribution in [-0.4, -0.2) is 38.7 Å². The van der Waals surface area contributed by atoms with Crippen LogP contribution in [0.2, 0.25) is 0 Å². The van der Waals surface area contributed by atoms with Crippen molar-refractivity contribution in [1.29, 1.82) is 0 Å². The van der Waals surface area contributed by atoms with Crippen molar-refractivity contribution >= 4 is 11.0 Å². The number of benzene rings is 2. The Labute approximate surface area is 154 Å². The van der Waals surface area contributed by atoms with Crippen LogP contribution in [0.4, 0.5) is 0 Å². The number of hydrogen-bond acceptors (Lipinski definition) is 8. The standard InChI is InChI=1S/C19H18O8/c1-23-11-6-5-9(7-12(11)24-2)17-19(26-4)16(22)14-10(20)8-13(25-3)15(21)18(14)27-17/h5-8,20-21H,1-4H3. The molecule has 0 radical (unpaired) electrons. The van der Waals surface area contributed by atoms with Gasteiger partial charge in [0.25, 0.3) is 0 Å². The largest absolute Gasteiger partial charge is 0.507 e. The second-order valence-corrected chi connectivity index (χ2v) is 5.51. The molecule has 3 aromatic rings. The van der Waals surface area contributed by atoms with Gasteiger partial charge in [0.05, 0.1) is 28.4 Å². The molecule has 2 aromatic carbocycles. The topological polar surface area (TPSA) is 108 Å². The molecule has 0 fully saturated rings. The molecule has 1 heterocycles. The van der Waals surface area contributed by atoms with E-state index in [9.17, 15) is 15.0 Å². The third-order valence-electron chi connectivity index (χ3n) is 4.11. The molecule has 8 heteroatoms. The summed E-state index contributed by atoms with van der Waals surface area (Å²) in [7, 11) is 5.60. The SMILES string of the molecule is COc1ccc(-c2oc3c(O)c(OC)cc(O)c3c(=O)c2OC)cc1OC. The van der Waals surface area contributed by atoms with Crippen molar-refractivity contribution in [2.75, 3.05) is 28.4 Å². The summed E-state index contributed by atoms with van der Waals surface area (Å²) >= 11 is 0. The Kier molecular flexibility index (Phi) is 4.72. The third-order valence-corrected chi connectivity index (χ3v) is 4.11. The van der Waals surface area contributed by atoms with E-state index in [2.05, 4.69) is 0 Å². The molecule has 0 aliphatic heterocycles. The van der Waals surface area contributed by atoms with E-state index in [1.165, 1.54) is 28.4 Å². The van der Waals surface area contributed by atoms with Crippen LogP contribution in [0.5, 0.6) is 34.5 Å². The van der Waals surface area contributed by atoms with Gasteiger partial charge in [-0.2, -0.15) is 0 Å². The minimum atomic E-state index is -0.640. The molecule has 0 saturated carbocycles. The van der Waals surface area contributed by atoms with Crippen LogP contribution in [0.3, 0.4) is 0 Å². The van der Waals surface area contributed by atoms with Gasteiger partial charge < -0.3 is 33.6 Å². The first-order chi connectivity index (χ1) is 13.0. The van der Waals surface area contributed by atoms with Crippen LogP contribution in [0.25, 0.3) is 22.3 Å². The van der Waals surface area contributed by atoms with Gasteiger partial charge in [0.1, 0.15) is 11.1 Å². The lowest BCUT2D eigenvalue weighted by Gasteiger charge is -2.14. The fourth-order valence-corrected chi connectivity index (χ4v) is 2.80. The number of rotatable bonds is 5. The van der Waals surface area contributed by atoms with Crippen molar-refractivity contribution in [3.8, 4) is 45.8 Å². The van der Waals surface area contributed by atoms with E-state index in [4.69, 9.17) is 23.4 Å². The van der Waals surface area contributed by atoms with Gasteiger partial charge in [-0.1, -0.05) is 0 Å². The zero-order chi connectivity index (χ0) is 19.7. The highest BCUT2D eigenvalue weighted by Gasteiger charge is 2.24. The number of hydrogen-bond donors (Lipinski definition) is 2. The Morgan fingerprint density at radius 2 is 1.52 bits per heavy atom. The summed E-state index contributed by atoms with van der Waals surface area (Å²) < 4.78 is 26.5. The molecule has 27 heavy (non-hydrogen) atoms. The highest BCUT2D eigenvalue weighted by atomic mass is 16.5. The van der Waals surface area contributed by atoms with Crippen molar-refractivity contribution in [2.45, 2.75) is 0 Å². The van der Waals surface area contributed by atoms with Gasteiger partial charge in [-0.3, -0.25) is 4.79 Å². The second-order valence-electron chi connectivity index (χ2n) is 5.51. The zero-order valence-electron chi connectivity index (χ0n) is 15.2. The van der Waals surface area contributed by atoms with Crippen LogP contribution < -0.4 is 24.4 Å². The molecule has 0 aliphatic carbocycles. The van der Waals surface area contributed by atoms with Crippen LogP contribution in [0, 0.1) is 0 Å². The molecule has 3 rings (SSSR count). The van der Waals surface area contributed by atoms with Crippen molar-refractivity contribution in [3.05, 3.63) is 34.5 Å². The van der Waals surface area contributed by atoms with Gasteiger partial charge in [-0.25, -0.2) is 0 Å². The monoisotopic (exact) mass is 374 g/mol. The summed E-state index contributed by atoms with van der Waals surface area (Å²) in [5, 5.41) is 20.3. The average Bonchev–Trinajstić information content (AvgIpc) is 2.69. The number of ether oxygens (including phenoxy) is 4. The van der Waals surface area contributed by atoms with Crippen molar-refractivity contribution in [1.82, 2.24) is 0 Å². The molecular weight excluding hydrogens is 356 g/mol. The first-order valence-corrected chi connectivity index (χ1v) is 7.82. The molecule has 0 saturated heterocycles. The molecular formula is C19H18O8. The zero-order valence-corrected chi connectivity index (χ0v) is 15.2. The maximum absolute atomic E-state index is 12.9. The summed E-state index contributed by atoms with van der Waals surface area (Å²) in [4.78, 5) is 12.9.